The van der Waals surface area contributed by atoms with E-state index in [1.54, 1.807) is 0 Å². The molecular weight excluding hydrogens is 367 g/mol. The van der Waals surface area contributed by atoms with Crippen LogP contribution in [0.3, 0.4) is 0 Å². The van der Waals surface area contributed by atoms with Crippen molar-refractivity contribution in [1.29, 1.82) is 0 Å². The lowest BCUT2D eigenvalue weighted by atomic mass is 10.2. The van der Waals surface area contributed by atoms with Crippen LogP contribution in [0.2, 0.25) is 0 Å². The number of hydrogen-bond acceptors (Lipinski definition) is 5. The molecule has 2 rings (SSSR count). The SMILES string of the molecule is COCCN(c1ccnc(N)n1)c1ccc(S(F)(F)(F)(F)F)cc1C. The van der Waals surface area contributed by atoms with Gasteiger partial charge >= 0.3 is 10.2 Å². The Morgan fingerprint density at radius 2 is 1.84 bits per heavy atom. The van der Waals surface area contributed by atoms with Crippen LogP contribution in [0.5, 0.6) is 0 Å². The van der Waals surface area contributed by atoms with Gasteiger partial charge in [0.15, 0.2) is 0 Å². The molecule has 0 aliphatic carbocycles. The number of hydrogen-bond donors (Lipinski definition) is 1. The molecule has 5 nitrogen and oxygen atoms in total. The molecule has 0 fully saturated rings. The minimum absolute atomic E-state index is 0.0130. The van der Waals surface area contributed by atoms with Gasteiger partial charge in [0.2, 0.25) is 5.95 Å². The van der Waals surface area contributed by atoms with Crippen molar-refractivity contribution in [3.05, 3.63) is 36.0 Å². The van der Waals surface area contributed by atoms with E-state index in [1.807, 2.05) is 0 Å². The van der Waals surface area contributed by atoms with E-state index >= 15 is 0 Å². The molecule has 0 spiro atoms. The second-order valence-electron chi connectivity index (χ2n) is 5.33. The lowest BCUT2D eigenvalue weighted by Crippen LogP contribution is -2.24. The molecule has 140 valence electrons. The number of methoxy groups -OCH3 is 1. The Morgan fingerprint density at radius 1 is 1.16 bits per heavy atom. The van der Waals surface area contributed by atoms with Crippen molar-refractivity contribution in [2.45, 2.75) is 11.8 Å². The summed E-state index contributed by atoms with van der Waals surface area (Å²) in [6.07, 6.45) is 1.38. The van der Waals surface area contributed by atoms with Crippen LogP contribution in [-0.2, 0) is 4.74 Å². The van der Waals surface area contributed by atoms with Gasteiger partial charge in [-0.1, -0.05) is 19.4 Å². The van der Waals surface area contributed by atoms with Crippen LogP contribution in [0.25, 0.3) is 0 Å². The average molecular weight is 384 g/mol. The molecule has 2 aromatic rings. The third-order valence-corrected chi connectivity index (χ3v) is 4.50. The summed E-state index contributed by atoms with van der Waals surface area (Å²) in [5.41, 5.74) is 5.83. The fourth-order valence-electron chi connectivity index (χ4n) is 2.23. The van der Waals surface area contributed by atoms with E-state index in [4.69, 9.17) is 10.5 Å². The van der Waals surface area contributed by atoms with Crippen LogP contribution in [0, 0.1) is 6.92 Å². The zero-order chi connectivity index (χ0) is 18.9. The Bertz CT molecular complexity index is 785. The lowest BCUT2D eigenvalue weighted by Gasteiger charge is -2.41. The number of rotatable bonds is 6. The summed E-state index contributed by atoms with van der Waals surface area (Å²) in [5.74, 6) is 0.286. The number of anilines is 3. The second-order valence-corrected chi connectivity index (χ2v) is 7.74. The van der Waals surface area contributed by atoms with Crippen molar-refractivity contribution >= 4 is 27.7 Å². The number of nitrogens with two attached hydrogens (primary N) is 1. The molecule has 25 heavy (non-hydrogen) atoms. The van der Waals surface area contributed by atoms with E-state index in [0.29, 0.717) is 18.0 Å². The minimum Gasteiger partial charge on any atom is -0.383 e. The molecule has 0 bridgehead atoms. The van der Waals surface area contributed by atoms with Gasteiger partial charge in [-0.15, -0.1) is 0 Å². The molecule has 0 aliphatic heterocycles. The van der Waals surface area contributed by atoms with Gasteiger partial charge in [-0.2, -0.15) is 4.98 Å². The van der Waals surface area contributed by atoms with Crippen LogP contribution in [0.15, 0.2) is 35.4 Å². The molecular formula is C14H17F5N4OS. The van der Waals surface area contributed by atoms with Crippen LogP contribution in [0.1, 0.15) is 5.56 Å². The Balaban J connectivity index is 2.52. The molecule has 1 aromatic heterocycles. The summed E-state index contributed by atoms with van der Waals surface area (Å²) in [7, 11) is -8.28. The smallest absolute Gasteiger partial charge is 0.310 e. The number of halogens is 5. The zero-order valence-corrected chi connectivity index (χ0v) is 14.2. The fraction of sp³-hybridized carbons (Fsp3) is 0.286. The van der Waals surface area contributed by atoms with Gasteiger partial charge in [-0.3, -0.25) is 0 Å². The molecule has 0 unspecified atom stereocenters. The molecule has 0 radical (unpaired) electrons. The normalized spacial score (nSPS) is 14.7. The topological polar surface area (TPSA) is 64.3 Å². The molecule has 0 amide bonds. The Hall–Kier alpha value is -2.14. The Morgan fingerprint density at radius 3 is 2.36 bits per heavy atom. The highest BCUT2D eigenvalue weighted by Crippen LogP contribution is 3.02. The first-order valence-corrected chi connectivity index (χ1v) is 8.97. The van der Waals surface area contributed by atoms with Crippen molar-refractivity contribution < 1.29 is 24.2 Å². The second kappa shape index (κ2) is 5.70. The lowest BCUT2D eigenvalue weighted by molar-refractivity contribution is 0.207. The van der Waals surface area contributed by atoms with Crippen molar-refractivity contribution in [1.82, 2.24) is 9.97 Å². The minimum atomic E-state index is -9.74. The Labute approximate surface area is 141 Å². The molecule has 0 atom stereocenters. The highest BCUT2D eigenvalue weighted by atomic mass is 32.5. The highest BCUT2D eigenvalue weighted by molar-refractivity contribution is 8.45. The average Bonchev–Trinajstić information content (AvgIpc) is 2.46. The standard InChI is InChI=1S/C14H17F5N4OS/c1-10-9-11(25(15,16,17,18)19)3-4-12(10)23(7-8-24-2)13-5-6-21-14(20)22-13/h3-6,9H,7-8H2,1-2H3,(H2,20,21,22). The van der Waals surface area contributed by atoms with Gasteiger partial charge in [0.1, 0.15) is 10.7 Å². The highest BCUT2D eigenvalue weighted by Gasteiger charge is 2.65. The summed E-state index contributed by atoms with van der Waals surface area (Å²) in [4.78, 5) is 7.35. The third kappa shape index (κ3) is 4.69. The van der Waals surface area contributed by atoms with Crippen molar-refractivity contribution in [3.8, 4) is 0 Å². The molecule has 0 saturated carbocycles. The number of nitrogen functional groups attached to an aromatic ring is 1. The quantitative estimate of drug-likeness (QED) is 0.724. The van der Waals surface area contributed by atoms with Crippen LogP contribution >= 0.6 is 10.2 Å². The van der Waals surface area contributed by atoms with Gasteiger partial charge in [0, 0.05) is 25.5 Å². The van der Waals surface area contributed by atoms with Gasteiger partial charge in [0.05, 0.1) is 6.61 Å². The number of ether oxygens (including phenoxy) is 1. The maximum atomic E-state index is 13.0. The molecule has 11 heteroatoms. The molecule has 1 aromatic carbocycles. The Kier molecular flexibility index (Phi) is 4.37. The van der Waals surface area contributed by atoms with Crippen molar-refractivity contribution in [2.24, 2.45) is 0 Å². The number of aromatic nitrogens is 2. The van der Waals surface area contributed by atoms with E-state index < -0.39 is 15.1 Å². The molecule has 0 aliphatic rings. The van der Waals surface area contributed by atoms with E-state index in [9.17, 15) is 19.4 Å². The fourth-order valence-corrected chi connectivity index (χ4v) is 2.95. The molecule has 2 N–H and O–H groups in total. The van der Waals surface area contributed by atoms with Crippen LogP contribution < -0.4 is 10.6 Å². The zero-order valence-electron chi connectivity index (χ0n) is 13.4. The first-order chi connectivity index (χ1) is 11.3. The van der Waals surface area contributed by atoms with Gasteiger partial charge in [0.25, 0.3) is 0 Å². The van der Waals surface area contributed by atoms with E-state index in [2.05, 4.69) is 9.97 Å². The van der Waals surface area contributed by atoms with Gasteiger partial charge < -0.3 is 15.4 Å². The van der Waals surface area contributed by atoms with E-state index in [-0.39, 0.29) is 30.4 Å². The van der Waals surface area contributed by atoms with Crippen LogP contribution in [0.4, 0.5) is 36.9 Å². The maximum absolute atomic E-state index is 13.0. The summed E-state index contributed by atoms with van der Waals surface area (Å²) in [5, 5.41) is 0. The summed E-state index contributed by atoms with van der Waals surface area (Å²) in [6, 6.07) is 3.29. The summed E-state index contributed by atoms with van der Waals surface area (Å²) < 4.78 is 69.8. The van der Waals surface area contributed by atoms with Crippen molar-refractivity contribution in [2.75, 3.05) is 30.9 Å². The van der Waals surface area contributed by atoms with Crippen molar-refractivity contribution in [3.63, 3.8) is 0 Å². The van der Waals surface area contributed by atoms with Crippen LogP contribution in [-0.4, -0.2) is 30.2 Å². The van der Waals surface area contributed by atoms with E-state index in [1.165, 1.54) is 31.2 Å². The first-order valence-electron chi connectivity index (χ1n) is 7.01. The molecule has 1 heterocycles. The number of nitrogens with zero attached hydrogens (tertiary/aromatic N) is 3. The predicted molar refractivity (Wildman–Crippen MR) is 87.9 cm³/mol. The third-order valence-electron chi connectivity index (χ3n) is 3.36. The maximum Gasteiger partial charge on any atom is 0.310 e. The van der Waals surface area contributed by atoms with Gasteiger partial charge in [-0.25, -0.2) is 4.98 Å². The summed E-state index contributed by atoms with van der Waals surface area (Å²) in [6.45, 7) is 1.77. The largest absolute Gasteiger partial charge is 0.383 e. The number of aryl methyl sites for hydroxylation is 1. The summed E-state index contributed by atoms with van der Waals surface area (Å²) >= 11 is 0. The first kappa shape index (κ1) is 19.2. The predicted octanol–water partition coefficient (Wildman–Crippen LogP) is 4.81. The molecule has 0 saturated heterocycles. The number of benzene rings is 1. The van der Waals surface area contributed by atoms with E-state index in [0.717, 1.165) is 6.07 Å². The van der Waals surface area contributed by atoms with Gasteiger partial charge in [-0.05, 0) is 36.8 Å². The monoisotopic (exact) mass is 384 g/mol.